The first kappa shape index (κ1) is 19.0. The maximum Gasteiger partial charge on any atom is 0.262 e. The molecule has 3 aromatic rings. The third-order valence-electron chi connectivity index (χ3n) is 4.73. The van der Waals surface area contributed by atoms with E-state index in [-0.39, 0.29) is 10.8 Å². The van der Waals surface area contributed by atoms with Crippen LogP contribution < -0.4 is 14.4 Å². The van der Waals surface area contributed by atoms with Gasteiger partial charge in [-0.1, -0.05) is 29.8 Å². The summed E-state index contributed by atoms with van der Waals surface area (Å²) < 4.78 is 33.9. The summed E-state index contributed by atoms with van der Waals surface area (Å²) in [5, 5.41) is 0. The van der Waals surface area contributed by atoms with Gasteiger partial charge in [0.25, 0.3) is 15.9 Å². The van der Waals surface area contributed by atoms with Crippen LogP contribution in [0.25, 0.3) is 0 Å². The predicted octanol–water partition coefficient (Wildman–Crippen LogP) is 4.57. The Morgan fingerprint density at radius 3 is 2.41 bits per heavy atom. The van der Waals surface area contributed by atoms with Gasteiger partial charge in [-0.3, -0.25) is 9.52 Å². The molecule has 7 heteroatoms. The number of amides is 1. The maximum atomic E-state index is 13.1. The average Bonchev–Trinajstić information content (AvgIpc) is 2.82. The lowest BCUT2D eigenvalue weighted by molar-refractivity contribution is 0.0988. The molecule has 4 rings (SSSR count). The Morgan fingerprint density at radius 2 is 1.69 bits per heavy atom. The van der Waals surface area contributed by atoms with E-state index in [1.807, 2.05) is 32.0 Å². The number of fused-ring (bicyclic) bond motifs is 2. The van der Waals surface area contributed by atoms with Crippen molar-refractivity contribution in [2.24, 2.45) is 0 Å². The van der Waals surface area contributed by atoms with Crippen molar-refractivity contribution in [1.82, 2.24) is 0 Å². The van der Waals surface area contributed by atoms with Crippen LogP contribution in [-0.4, -0.2) is 20.9 Å². The van der Waals surface area contributed by atoms with E-state index >= 15 is 0 Å². The van der Waals surface area contributed by atoms with E-state index in [1.54, 1.807) is 47.4 Å². The number of rotatable bonds is 4. The summed E-state index contributed by atoms with van der Waals surface area (Å²) in [6.45, 7) is 4.22. The van der Waals surface area contributed by atoms with E-state index < -0.39 is 10.0 Å². The smallest absolute Gasteiger partial charge is 0.262 e. The standard InChI is InChI=1S/C22H20N2O4S/c1-3-24-19-6-4-5-7-21(19)28-20-13-10-16(14-18(20)22(24)25)23-29(26,27)17-11-8-15(2)9-12-17/h4-14,23H,3H2,1-2H3. The van der Waals surface area contributed by atoms with Crippen molar-refractivity contribution in [2.75, 3.05) is 16.2 Å². The van der Waals surface area contributed by atoms with Crippen molar-refractivity contribution in [3.63, 3.8) is 0 Å². The van der Waals surface area contributed by atoms with Gasteiger partial charge in [0.1, 0.15) is 5.75 Å². The van der Waals surface area contributed by atoms with E-state index in [9.17, 15) is 13.2 Å². The molecule has 0 saturated carbocycles. The summed E-state index contributed by atoms with van der Waals surface area (Å²) >= 11 is 0. The summed E-state index contributed by atoms with van der Waals surface area (Å²) in [5.41, 5.74) is 2.24. The zero-order valence-electron chi connectivity index (χ0n) is 16.0. The number of benzene rings is 3. The van der Waals surface area contributed by atoms with Crippen molar-refractivity contribution >= 4 is 27.3 Å². The number of nitrogens with zero attached hydrogens (tertiary/aromatic N) is 1. The zero-order valence-corrected chi connectivity index (χ0v) is 16.9. The van der Waals surface area contributed by atoms with Crippen LogP contribution in [0.1, 0.15) is 22.8 Å². The Balaban J connectivity index is 1.71. The molecule has 0 saturated heterocycles. The number of carbonyl (C=O) groups is 1. The van der Waals surface area contributed by atoms with E-state index in [4.69, 9.17) is 4.74 Å². The number of para-hydroxylation sites is 2. The number of hydrogen-bond acceptors (Lipinski definition) is 4. The summed E-state index contributed by atoms with van der Waals surface area (Å²) in [6, 6.07) is 18.6. The molecule has 0 aliphatic carbocycles. The SMILES string of the molecule is CCN1C(=O)c2cc(NS(=O)(=O)c3ccc(C)cc3)ccc2Oc2ccccc21. The highest BCUT2D eigenvalue weighted by Crippen LogP contribution is 2.39. The molecule has 0 fully saturated rings. The predicted molar refractivity (Wildman–Crippen MR) is 112 cm³/mol. The number of ether oxygens (including phenoxy) is 1. The molecule has 1 aliphatic heterocycles. The Kier molecular flexibility index (Phi) is 4.76. The van der Waals surface area contributed by atoms with Crippen LogP contribution in [0.3, 0.4) is 0 Å². The van der Waals surface area contributed by atoms with E-state index in [1.165, 1.54) is 6.07 Å². The Bertz CT molecular complexity index is 1190. The summed E-state index contributed by atoms with van der Waals surface area (Å²) in [6.07, 6.45) is 0. The van der Waals surface area contributed by atoms with Crippen LogP contribution in [0.2, 0.25) is 0 Å². The van der Waals surface area contributed by atoms with Gasteiger partial charge < -0.3 is 9.64 Å². The van der Waals surface area contributed by atoms with Gasteiger partial charge in [-0.15, -0.1) is 0 Å². The first-order valence-electron chi connectivity index (χ1n) is 9.21. The van der Waals surface area contributed by atoms with Crippen LogP contribution in [0.15, 0.2) is 71.6 Å². The average molecular weight is 408 g/mol. The van der Waals surface area contributed by atoms with Crippen molar-refractivity contribution in [3.05, 3.63) is 77.9 Å². The van der Waals surface area contributed by atoms with Gasteiger partial charge in [0.2, 0.25) is 0 Å². The molecule has 148 valence electrons. The van der Waals surface area contributed by atoms with Gasteiger partial charge in [0, 0.05) is 12.2 Å². The summed E-state index contributed by atoms with van der Waals surface area (Å²) in [4.78, 5) is 14.9. The monoisotopic (exact) mass is 408 g/mol. The maximum absolute atomic E-state index is 13.1. The normalized spacial score (nSPS) is 13.2. The lowest BCUT2D eigenvalue weighted by Crippen LogP contribution is -2.29. The second-order valence-electron chi connectivity index (χ2n) is 6.75. The zero-order chi connectivity index (χ0) is 20.6. The van der Waals surface area contributed by atoms with Gasteiger partial charge in [-0.2, -0.15) is 0 Å². The molecule has 29 heavy (non-hydrogen) atoms. The van der Waals surface area contributed by atoms with Crippen LogP contribution in [-0.2, 0) is 10.0 Å². The van der Waals surface area contributed by atoms with Crippen LogP contribution in [0, 0.1) is 6.92 Å². The van der Waals surface area contributed by atoms with E-state index in [0.29, 0.717) is 35.0 Å². The fraction of sp³-hybridized carbons (Fsp3) is 0.136. The number of anilines is 2. The molecular weight excluding hydrogens is 388 g/mol. The highest BCUT2D eigenvalue weighted by atomic mass is 32.2. The van der Waals surface area contributed by atoms with Crippen LogP contribution in [0.4, 0.5) is 11.4 Å². The van der Waals surface area contributed by atoms with Crippen molar-refractivity contribution in [3.8, 4) is 11.5 Å². The first-order chi connectivity index (χ1) is 13.9. The number of carbonyl (C=O) groups excluding carboxylic acids is 1. The molecular formula is C22H20N2O4S. The molecule has 6 nitrogen and oxygen atoms in total. The highest BCUT2D eigenvalue weighted by molar-refractivity contribution is 7.92. The van der Waals surface area contributed by atoms with Gasteiger partial charge in [-0.25, -0.2) is 8.42 Å². The Morgan fingerprint density at radius 1 is 0.966 bits per heavy atom. The van der Waals surface area contributed by atoms with Gasteiger partial charge in [-0.05, 0) is 56.3 Å². The quantitative estimate of drug-likeness (QED) is 0.686. The second-order valence-corrected chi connectivity index (χ2v) is 8.43. The van der Waals surface area contributed by atoms with Gasteiger partial charge in [0.05, 0.1) is 16.1 Å². The lowest BCUT2D eigenvalue weighted by Gasteiger charge is -2.20. The first-order valence-corrected chi connectivity index (χ1v) is 10.7. The molecule has 3 aromatic carbocycles. The Hall–Kier alpha value is -3.32. The fourth-order valence-corrected chi connectivity index (χ4v) is 4.28. The van der Waals surface area contributed by atoms with Crippen molar-refractivity contribution in [1.29, 1.82) is 0 Å². The number of nitrogens with one attached hydrogen (secondary N) is 1. The minimum Gasteiger partial charge on any atom is -0.454 e. The number of sulfonamides is 1. The third-order valence-corrected chi connectivity index (χ3v) is 6.13. The molecule has 1 aliphatic rings. The van der Waals surface area contributed by atoms with E-state index in [2.05, 4.69) is 4.72 Å². The summed E-state index contributed by atoms with van der Waals surface area (Å²) in [5.74, 6) is 0.718. The molecule has 1 heterocycles. The van der Waals surface area contributed by atoms with Crippen molar-refractivity contribution < 1.29 is 17.9 Å². The highest BCUT2D eigenvalue weighted by Gasteiger charge is 2.27. The lowest BCUT2D eigenvalue weighted by atomic mass is 10.1. The molecule has 0 radical (unpaired) electrons. The molecule has 0 aromatic heterocycles. The minimum atomic E-state index is -3.77. The minimum absolute atomic E-state index is 0.156. The Labute approximate surface area is 169 Å². The molecule has 0 bridgehead atoms. The number of aryl methyl sites for hydroxylation is 1. The molecule has 1 amide bonds. The molecule has 1 N–H and O–H groups in total. The molecule has 0 atom stereocenters. The molecule has 0 unspecified atom stereocenters. The largest absolute Gasteiger partial charge is 0.454 e. The van der Waals surface area contributed by atoms with Crippen molar-refractivity contribution in [2.45, 2.75) is 18.7 Å². The topological polar surface area (TPSA) is 75.7 Å². The second kappa shape index (κ2) is 7.25. The summed E-state index contributed by atoms with van der Waals surface area (Å²) in [7, 11) is -3.77. The van der Waals surface area contributed by atoms with Gasteiger partial charge in [0.15, 0.2) is 5.75 Å². The van der Waals surface area contributed by atoms with Crippen LogP contribution in [0.5, 0.6) is 11.5 Å². The third kappa shape index (κ3) is 3.56. The fourth-order valence-electron chi connectivity index (χ4n) is 3.23. The van der Waals surface area contributed by atoms with Gasteiger partial charge >= 0.3 is 0 Å². The van der Waals surface area contributed by atoms with Crippen LogP contribution >= 0.6 is 0 Å². The van der Waals surface area contributed by atoms with E-state index in [0.717, 1.165) is 5.56 Å². The number of hydrogen-bond donors (Lipinski definition) is 1. The molecule has 0 spiro atoms.